The van der Waals surface area contributed by atoms with E-state index in [-0.39, 0.29) is 13.0 Å². The number of nitrogens with one attached hydrogen (secondary N) is 1. The number of rotatable bonds is 52. The predicted molar refractivity (Wildman–Crippen MR) is 297 cm³/mol. The lowest BCUT2D eigenvalue weighted by Crippen LogP contribution is -2.61. The van der Waals surface area contributed by atoms with Gasteiger partial charge in [0, 0.05) is 6.42 Å². The maximum Gasteiger partial charge on any atom is 0.306 e. The molecule has 8 atom stereocenters. The molecule has 72 heavy (non-hydrogen) atoms. The van der Waals surface area contributed by atoms with E-state index in [1.807, 2.05) is 6.08 Å². The Hall–Kier alpha value is -1.86. The number of unbranched alkanes of at least 4 members (excludes halogenated alkanes) is 36. The highest BCUT2D eigenvalue weighted by Crippen LogP contribution is 2.26. The van der Waals surface area contributed by atoms with Crippen molar-refractivity contribution in [3.8, 4) is 0 Å². The van der Waals surface area contributed by atoms with Gasteiger partial charge in [0.1, 0.15) is 24.4 Å². The molecule has 1 saturated heterocycles. The number of aliphatic hydroxyl groups is 5. The van der Waals surface area contributed by atoms with Crippen LogP contribution in [0.4, 0.5) is 0 Å². The minimum absolute atomic E-state index is 0.125. The van der Waals surface area contributed by atoms with Crippen LogP contribution in [0.5, 0.6) is 0 Å². The summed E-state index contributed by atoms with van der Waals surface area (Å²) in [6, 6.07) is -1.02. The third-order valence-electron chi connectivity index (χ3n) is 14.6. The van der Waals surface area contributed by atoms with Gasteiger partial charge < -0.3 is 45.1 Å². The first-order valence-electron chi connectivity index (χ1n) is 30.6. The molecule has 0 aliphatic carbocycles. The SMILES string of the molecule is CCCCCCCC/C=C/CCCCCCCCCCCC(=O)OC1C(OCC(NC(=O)C(O)CCCCCCCCCCCCCC)C(O)/C=C/CCCCCCCCCCCC)OC(CO)C(O)C1O. The second-order valence-corrected chi connectivity index (χ2v) is 21.4. The molecule has 1 rings (SSSR count). The van der Waals surface area contributed by atoms with Gasteiger partial charge in [-0.15, -0.1) is 0 Å². The van der Waals surface area contributed by atoms with E-state index in [9.17, 15) is 35.1 Å². The van der Waals surface area contributed by atoms with Gasteiger partial charge in [-0.1, -0.05) is 257 Å². The van der Waals surface area contributed by atoms with Crippen LogP contribution in [0.2, 0.25) is 0 Å². The summed E-state index contributed by atoms with van der Waals surface area (Å²) >= 11 is 0. The van der Waals surface area contributed by atoms with Gasteiger partial charge in [-0.25, -0.2) is 0 Å². The van der Waals surface area contributed by atoms with E-state index >= 15 is 0 Å². The molecule has 0 bridgehead atoms. The average Bonchev–Trinajstić information content (AvgIpc) is 3.38. The molecule has 1 amide bonds. The maximum atomic E-state index is 13.4. The standard InChI is InChI=1S/C61H115NO10/c1-4-7-10-13-16-19-22-25-26-27-28-29-30-31-34-37-40-43-46-49-56(66)72-59-58(68)57(67)55(50-63)71-61(59)70-51-52(53(64)47-44-41-38-35-32-23-20-17-14-11-8-5-2)62-60(69)54(65)48-45-42-39-36-33-24-21-18-15-12-9-6-3/h25-26,44,47,52-55,57-59,61,63-65,67-68H,4-24,27-43,45-46,48-51H2,1-3H3,(H,62,69)/b26-25+,47-44+. The van der Waals surface area contributed by atoms with Crippen LogP contribution in [0.15, 0.2) is 24.3 Å². The van der Waals surface area contributed by atoms with Crippen LogP contribution in [0, 0.1) is 0 Å². The number of esters is 1. The fourth-order valence-corrected chi connectivity index (χ4v) is 9.71. The van der Waals surface area contributed by atoms with Crippen molar-refractivity contribution in [2.24, 2.45) is 0 Å². The van der Waals surface area contributed by atoms with Gasteiger partial charge in [-0.3, -0.25) is 9.59 Å². The molecule has 1 aliphatic heterocycles. The molecule has 0 aromatic rings. The number of ether oxygens (including phenoxy) is 3. The van der Waals surface area contributed by atoms with Crippen LogP contribution >= 0.6 is 0 Å². The summed E-state index contributed by atoms with van der Waals surface area (Å²) in [7, 11) is 0. The number of amides is 1. The first-order chi connectivity index (χ1) is 35.2. The molecular formula is C61H115NO10. The van der Waals surface area contributed by atoms with E-state index in [1.54, 1.807) is 6.08 Å². The minimum Gasteiger partial charge on any atom is -0.454 e. The van der Waals surface area contributed by atoms with Gasteiger partial charge in [-0.2, -0.15) is 0 Å². The number of allylic oxidation sites excluding steroid dienone is 3. The lowest BCUT2D eigenvalue weighted by Gasteiger charge is -2.41. The van der Waals surface area contributed by atoms with Crippen LogP contribution in [0.25, 0.3) is 0 Å². The third kappa shape index (κ3) is 37.8. The van der Waals surface area contributed by atoms with E-state index in [1.165, 1.54) is 186 Å². The van der Waals surface area contributed by atoms with Crippen LogP contribution in [0.1, 0.15) is 290 Å². The van der Waals surface area contributed by atoms with Gasteiger partial charge in [0.25, 0.3) is 0 Å². The zero-order valence-electron chi connectivity index (χ0n) is 46.8. The number of hydrogen-bond acceptors (Lipinski definition) is 10. The minimum atomic E-state index is -1.61. The molecule has 1 heterocycles. The van der Waals surface area contributed by atoms with Gasteiger partial charge >= 0.3 is 5.97 Å². The van der Waals surface area contributed by atoms with E-state index in [0.29, 0.717) is 19.3 Å². The van der Waals surface area contributed by atoms with E-state index in [4.69, 9.17) is 14.2 Å². The van der Waals surface area contributed by atoms with Crippen molar-refractivity contribution in [2.45, 2.75) is 339 Å². The predicted octanol–water partition coefficient (Wildman–Crippen LogP) is 14.1. The molecule has 11 heteroatoms. The van der Waals surface area contributed by atoms with Gasteiger partial charge in [0.15, 0.2) is 12.4 Å². The molecule has 1 fully saturated rings. The van der Waals surface area contributed by atoms with E-state index in [2.05, 4.69) is 38.2 Å². The van der Waals surface area contributed by atoms with Crippen molar-refractivity contribution in [1.82, 2.24) is 5.32 Å². The average molecular weight is 1020 g/mol. The lowest BCUT2D eigenvalue weighted by molar-refractivity contribution is -0.305. The summed E-state index contributed by atoms with van der Waals surface area (Å²) in [5.41, 5.74) is 0. The zero-order chi connectivity index (χ0) is 52.5. The fraction of sp³-hybridized carbons (Fsp3) is 0.902. The summed E-state index contributed by atoms with van der Waals surface area (Å²) in [6.45, 7) is 5.79. The highest BCUT2D eigenvalue weighted by molar-refractivity contribution is 5.80. The number of carbonyl (C=O) groups is 2. The van der Waals surface area contributed by atoms with Crippen molar-refractivity contribution in [1.29, 1.82) is 0 Å². The van der Waals surface area contributed by atoms with Crippen molar-refractivity contribution < 1.29 is 49.3 Å². The van der Waals surface area contributed by atoms with Crippen LogP contribution in [-0.4, -0.2) is 99.6 Å². The Morgan fingerprint density at radius 3 is 1.35 bits per heavy atom. The number of aliphatic hydroxyl groups excluding tert-OH is 5. The van der Waals surface area contributed by atoms with Crippen molar-refractivity contribution in [3.63, 3.8) is 0 Å². The molecular weight excluding hydrogens is 907 g/mol. The van der Waals surface area contributed by atoms with Gasteiger partial charge in [-0.05, 0) is 51.4 Å². The monoisotopic (exact) mass is 1020 g/mol. The first kappa shape index (κ1) is 68.2. The Labute approximate surface area is 441 Å². The van der Waals surface area contributed by atoms with Crippen LogP contribution < -0.4 is 5.32 Å². The molecule has 6 N–H and O–H groups in total. The summed E-state index contributed by atoms with van der Waals surface area (Å²) < 4.78 is 17.6. The number of carbonyl (C=O) groups excluding carboxylic acids is 2. The summed E-state index contributed by atoms with van der Waals surface area (Å²) in [5.74, 6) is -1.19. The molecule has 424 valence electrons. The Morgan fingerprint density at radius 1 is 0.528 bits per heavy atom. The molecule has 11 nitrogen and oxygen atoms in total. The molecule has 0 aromatic carbocycles. The Balaban J connectivity index is 2.66. The molecule has 0 aromatic heterocycles. The van der Waals surface area contributed by atoms with Crippen molar-refractivity contribution in [2.75, 3.05) is 13.2 Å². The highest BCUT2D eigenvalue weighted by atomic mass is 16.7. The normalized spacial score (nSPS) is 19.6. The smallest absolute Gasteiger partial charge is 0.306 e. The molecule has 0 saturated carbocycles. The summed E-state index contributed by atoms with van der Waals surface area (Å²) in [4.78, 5) is 26.5. The summed E-state index contributed by atoms with van der Waals surface area (Å²) in [5, 5.41) is 56.9. The Kier molecular flexibility index (Phi) is 47.3. The van der Waals surface area contributed by atoms with E-state index in [0.717, 1.165) is 57.8 Å². The lowest BCUT2D eigenvalue weighted by atomic mass is 9.99. The second-order valence-electron chi connectivity index (χ2n) is 21.4. The molecule has 0 radical (unpaired) electrons. The Bertz CT molecular complexity index is 1270. The quantitative estimate of drug-likeness (QED) is 0.0195. The van der Waals surface area contributed by atoms with Crippen LogP contribution in [0.3, 0.4) is 0 Å². The second kappa shape index (κ2) is 50.0. The summed E-state index contributed by atoms with van der Waals surface area (Å²) in [6.07, 6.45) is 46.5. The van der Waals surface area contributed by atoms with Crippen molar-refractivity contribution >= 4 is 11.9 Å². The molecule has 8 unspecified atom stereocenters. The number of hydrogen-bond donors (Lipinski definition) is 6. The molecule has 1 aliphatic rings. The van der Waals surface area contributed by atoms with Gasteiger partial charge in [0.2, 0.25) is 5.91 Å². The fourth-order valence-electron chi connectivity index (χ4n) is 9.71. The van der Waals surface area contributed by atoms with E-state index < -0.39 is 67.4 Å². The van der Waals surface area contributed by atoms with Gasteiger partial charge in [0.05, 0.1) is 25.4 Å². The highest BCUT2D eigenvalue weighted by Gasteiger charge is 2.47. The Morgan fingerprint density at radius 2 is 0.917 bits per heavy atom. The largest absolute Gasteiger partial charge is 0.454 e. The third-order valence-corrected chi connectivity index (χ3v) is 14.6. The molecule has 0 spiro atoms. The maximum absolute atomic E-state index is 13.4. The first-order valence-corrected chi connectivity index (χ1v) is 30.6. The zero-order valence-corrected chi connectivity index (χ0v) is 46.8. The van der Waals surface area contributed by atoms with Crippen molar-refractivity contribution in [3.05, 3.63) is 24.3 Å². The van der Waals surface area contributed by atoms with Crippen LogP contribution in [-0.2, 0) is 23.8 Å². The topological polar surface area (TPSA) is 175 Å².